The van der Waals surface area contributed by atoms with Crippen LogP contribution in [0.4, 0.5) is 0 Å². The number of aliphatic carboxylic acids is 1. The number of hydrogen-bond acceptors (Lipinski definition) is 6. The largest absolute Gasteiger partial charge is 0.480 e. The molecule has 3 heterocycles. The van der Waals surface area contributed by atoms with Gasteiger partial charge >= 0.3 is 5.97 Å². The Morgan fingerprint density at radius 3 is 2.66 bits per heavy atom. The average molecular weight is 529 g/mol. The predicted octanol–water partition coefficient (Wildman–Crippen LogP) is 4.16. The van der Waals surface area contributed by atoms with E-state index in [1.165, 1.54) is 23.5 Å². The first-order valence-electron chi connectivity index (χ1n) is 10.9. The number of nitrogens with zero attached hydrogens (tertiary/aromatic N) is 1. The smallest absolute Gasteiger partial charge is 0.322 e. The molecule has 0 saturated carbocycles. The molecule has 1 unspecified atom stereocenters. The molecule has 2 aromatic carbocycles. The average Bonchev–Trinajstić information content (AvgIpc) is 3.39. The van der Waals surface area contributed by atoms with Crippen LogP contribution in [0.2, 0.25) is 5.02 Å². The number of β-lactam (4-membered cyclic amide) rings is 1. The number of hydrogen-bond donors (Lipinski definition) is 2. The predicted molar refractivity (Wildman–Crippen MR) is 135 cm³/mol. The Bertz CT molecular complexity index is 1270. The molecular weight excluding hydrogens is 508 g/mol. The SMILES string of the molecule is O=C(Cc1ccc(Cl)cc1)N[C@@H]1C(=O)N2CC(Sc3ccccc3-c3ccco3)(C(=O)O)CS[C@H]12. The summed E-state index contributed by atoms with van der Waals surface area (Å²) in [6.45, 7) is 0.0551. The molecule has 0 spiro atoms. The number of carbonyl (C=O) groups excluding carboxylic acids is 2. The summed E-state index contributed by atoms with van der Waals surface area (Å²) < 4.78 is 4.31. The van der Waals surface area contributed by atoms with Gasteiger partial charge in [-0.1, -0.05) is 41.9 Å². The summed E-state index contributed by atoms with van der Waals surface area (Å²) in [5.74, 6) is -0.568. The lowest BCUT2D eigenvalue weighted by atomic mass is 10.0. The number of halogens is 1. The van der Waals surface area contributed by atoms with Gasteiger partial charge in [-0.05, 0) is 35.9 Å². The third-order valence-corrected chi connectivity index (χ3v) is 9.39. The first-order chi connectivity index (χ1) is 16.9. The first kappa shape index (κ1) is 23.8. The second-order valence-corrected chi connectivity index (χ2v) is 11.4. The third-order valence-electron chi connectivity index (χ3n) is 6.02. The number of thioether (sulfide) groups is 2. The van der Waals surface area contributed by atoms with E-state index >= 15 is 0 Å². The summed E-state index contributed by atoms with van der Waals surface area (Å²) in [7, 11) is 0. The van der Waals surface area contributed by atoms with Crippen molar-refractivity contribution in [3.05, 3.63) is 77.5 Å². The molecule has 35 heavy (non-hydrogen) atoms. The third kappa shape index (κ3) is 4.68. The van der Waals surface area contributed by atoms with E-state index in [2.05, 4.69) is 5.32 Å². The zero-order valence-corrected chi connectivity index (χ0v) is 20.7. The highest BCUT2D eigenvalue weighted by molar-refractivity contribution is 8.05. The monoisotopic (exact) mass is 528 g/mol. The van der Waals surface area contributed by atoms with Gasteiger partial charge in [0.2, 0.25) is 11.8 Å². The van der Waals surface area contributed by atoms with E-state index in [1.807, 2.05) is 30.3 Å². The molecule has 2 amide bonds. The van der Waals surface area contributed by atoms with Crippen LogP contribution in [0.25, 0.3) is 11.3 Å². The minimum atomic E-state index is -1.22. The molecule has 2 fully saturated rings. The lowest BCUT2D eigenvalue weighted by Crippen LogP contribution is -2.74. The van der Waals surface area contributed by atoms with Crippen molar-refractivity contribution in [2.45, 2.75) is 27.5 Å². The molecule has 2 saturated heterocycles. The first-order valence-corrected chi connectivity index (χ1v) is 13.1. The van der Waals surface area contributed by atoms with Crippen molar-refractivity contribution in [2.75, 3.05) is 12.3 Å². The van der Waals surface area contributed by atoms with Crippen LogP contribution in [0.1, 0.15) is 5.56 Å². The molecule has 3 atom stereocenters. The zero-order valence-electron chi connectivity index (χ0n) is 18.3. The number of rotatable bonds is 7. The normalized spacial score (nSPS) is 23.3. The summed E-state index contributed by atoms with van der Waals surface area (Å²) in [5, 5.41) is 13.3. The molecule has 1 aromatic heterocycles. The second kappa shape index (κ2) is 9.64. The fraction of sp³-hybridized carbons (Fsp3) is 0.240. The van der Waals surface area contributed by atoms with E-state index in [9.17, 15) is 19.5 Å². The maximum absolute atomic E-state index is 12.9. The lowest BCUT2D eigenvalue weighted by Gasteiger charge is -2.53. The van der Waals surface area contributed by atoms with Crippen molar-refractivity contribution in [1.82, 2.24) is 10.2 Å². The molecule has 2 aliphatic heterocycles. The quantitative estimate of drug-likeness (QED) is 0.444. The fourth-order valence-electron chi connectivity index (χ4n) is 4.20. The summed E-state index contributed by atoms with van der Waals surface area (Å²) in [5.41, 5.74) is 1.60. The van der Waals surface area contributed by atoms with Crippen molar-refractivity contribution in [3.63, 3.8) is 0 Å². The van der Waals surface area contributed by atoms with Crippen LogP contribution in [0.3, 0.4) is 0 Å². The zero-order chi connectivity index (χ0) is 24.6. The van der Waals surface area contributed by atoms with E-state index in [-0.39, 0.29) is 35.9 Å². The Morgan fingerprint density at radius 2 is 1.94 bits per heavy atom. The topological polar surface area (TPSA) is 99.9 Å². The summed E-state index contributed by atoms with van der Waals surface area (Å²) in [6.07, 6.45) is 1.71. The van der Waals surface area contributed by atoms with E-state index in [4.69, 9.17) is 16.0 Å². The molecule has 5 rings (SSSR count). The van der Waals surface area contributed by atoms with Gasteiger partial charge in [0.15, 0.2) is 0 Å². The Hall–Kier alpha value is -2.88. The Kier molecular flexibility index (Phi) is 6.57. The summed E-state index contributed by atoms with van der Waals surface area (Å²) in [4.78, 5) is 40.2. The van der Waals surface area contributed by atoms with Crippen LogP contribution in [-0.2, 0) is 20.8 Å². The van der Waals surface area contributed by atoms with E-state index in [0.717, 1.165) is 16.0 Å². The van der Waals surface area contributed by atoms with E-state index in [1.54, 1.807) is 41.5 Å². The van der Waals surface area contributed by atoms with Crippen molar-refractivity contribution < 1.29 is 23.9 Å². The van der Waals surface area contributed by atoms with Crippen LogP contribution in [0.5, 0.6) is 0 Å². The van der Waals surface area contributed by atoms with Gasteiger partial charge in [0, 0.05) is 27.8 Å². The summed E-state index contributed by atoms with van der Waals surface area (Å²) in [6, 6.07) is 17.4. The molecule has 2 aliphatic rings. The van der Waals surface area contributed by atoms with Crippen LogP contribution < -0.4 is 5.32 Å². The van der Waals surface area contributed by atoms with Gasteiger partial charge in [-0.3, -0.25) is 14.4 Å². The highest BCUT2D eigenvalue weighted by Crippen LogP contribution is 2.48. The number of furan rings is 1. The van der Waals surface area contributed by atoms with Crippen LogP contribution in [-0.4, -0.2) is 56.3 Å². The van der Waals surface area contributed by atoms with Crippen molar-refractivity contribution in [2.24, 2.45) is 0 Å². The number of carboxylic acids is 1. The molecule has 2 N–H and O–H groups in total. The van der Waals surface area contributed by atoms with Crippen molar-refractivity contribution >= 4 is 52.9 Å². The minimum Gasteiger partial charge on any atom is -0.480 e. The van der Waals surface area contributed by atoms with Gasteiger partial charge in [-0.15, -0.1) is 23.5 Å². The van der Waals surface area contributed by atoms with Crippen LogP contribution >= 0.6 is 35.1 Å². The molecule has 10 heteroatoms. The molecule has 0 bridgehead atoms. The summed E-state index contributed by atoms with van der Waals surface area (Å²) >= 11 is 8.50. The van der Waals surface area contributed by atoms with E-state index < -0.39 is 16.8 Å². The van der Waals surface area contributed by atoms with Crippen molar-refractivity contribution in [3.8, 4) is 11.3 Å². The number of carbonyl (C=O) groups is 3. The standard InChI is InChI=1S/C25H21ClN2O5S2/c26-16-9-7-15(8-10-16)12-20(29)27-21-22(30)28-13-25(24(31)32,14-34-23(21)28)35-19-6-2-1-4-17(19)18-5-3-11-33-18/h1-11,21,23H,12-14H2,(H,27,29)(H,31,32)/t21-,23-,25?/m1/s1. The lowest BCUT2D eigenvalue weighted by molar-refractivity contribution is -0.152. The minimum absolute atomic E-state index is 0.0551. The Labute approximate surface area is 215 Å². The number of benzene rings is 2. The maximum Gasteiger partial charge on any atom is 0.322 e. The van der Waals surface area contributed by atoms with Gasteiger partial charge in [0.25, 0.3) is 0 Å². The number of amides is 2. The Balaban J connectivity index is 1.28. The molecule has 180 valence electrons. The second-order valence-electron chi connectivity index (χ2n) is 8.39. The van der Waals surface area contributed by atoms with E-state index in [0.29, 0.717) is 10.8 Å². The highest BCUT2D eigenvalue weighted by atomic mass is 35.5. The highest BCUT2D eigenvalue weighted by Gasteiger charge is 2.58. The van der Waals surface area contributed by atoms with Gasteiger partial charge in [0.05, 0.1) is 12.7 Å². The van der Waals surface area contributed by atoms with Crippen LogP contribution in [0, 0.1) is 0 Å². The molecule has 3 aromatic rings. The van der Waals surface area contributed by atoms with Gasteiger partial charge in [-0.2, -0.15) is 0 Å². The number of nitrogens with one attached hydrogen (secondary N) is 1. The number of carboxylic acid groups (broad SMARTS) is 1. The molecule has 7 nitrogen and oxygen atoms in total. The van der Waals surface area contributed by atoms with Gasteiger partial charge in [0.1, 0.15) is 21.9 Å². The fourth-order valence-corrected chi connectivity index (χ4v) is 7.29. The molecular formula is C25H21ClN2O5S2. The molecule has 0 aliphatic carbocycles. The number of fused-ring (bicyclic) bond motifs is 1. The maximum atomic E-state index is 12.9. The van der Waals surface area contributed by atoms with Crippen LogP contribution in [0.15, 0.2) is 76.2 Å². The van der Waals surface area contributed by atoms with Gasteiger partial charge < -0.3 is 19.7 Å². The van der Waals surface area contributed by atoms with Crippen molar-refractivity contribution in [1.29, 1.82) is 0 Å². The Morgan fingerprint density at radius 1 is 1.17 bits per heavy atom. The van der Waals surface area contributed by atoms with Gasteiger partial charge in [-0.25, -0.2) is 0 Å². The molecule has 0 radical (unpaired) electrons.